The van der Waals surface area contributed by atoms with Crippen LogP contribution in [0.25, 0.3) is 0 Å². The third-order valence-electron chi connectivity index (χ3n) is 2.70. The van der Waals surface area contributed by atoms with Gasteiger partial charge in [0.25, 0.3) is 0 Å². The first-order valence-electron chi connectivity index (χ1n) is 5.50. The fraction of sp³-hybridized carbons (Fsp3) is 0.143. The summed E-state index contributed by atoms with van der Waals surface area (Å²) in [6.07, 6.45) is 0. The molecule has 1 nitrogen and oxygen atoms in total. The maximum Gasteiger partial charge on any atom is 0.137 e. The predicted molar refractivity (Wildman–Crippen MR) is 79.3 cm³/mol. The summed E-state index contributed by atoms with van der Waals surface area (Å²) in [6.45, 7) is 1.98. The van der Waals surface area contributed by atoms with E-state index in [4.69, 9.17) is 5.73 Å². The molecule has 2 rings (SSSR count). The van der Waals surface area contributed by atoms with Crippen molar-refractivity contribution in [3.05, 3.63) is 57.8 Å². The average molecular weight is 326 g/mol. The van der Waals surface area contributed by atoms with E-state index in [-0.39, 0.29) is 5.82 Å². The van der Waals surface area contributed by atoms with Crippen LogP contribution in [-0.2, 0) is 5.75 Å². The van der Waals surface area contributed by atoms with Crippen LogP contribution in [0.15, 0.2) is 45.8 Å². The van der Waals surface area contributed by atoms with E-state index in [1.807, 2.05) is 31.2 Å². The largest absolute Gasteiger partial charge is 0.398 e. The monoisotopic (exact) mass is 325 g/mol. The molecule has 2 aromatic rings. The molecule has 0 saturated heterocycles. The maximum absolute atomic E-state index is 13.4. The first kappa shape index (κ1) is 13.4. The lowest BCUT2D eigenvalue weighted by molar-refractivity contribution is 0.619. The minimum atomic E-state index is -0.231. The number of benzene rings is 2. The van der Waals surface area contributed by atoms with Crippen LogP contribution < -0.4 is 5.73 Å². The number of rotatable bonds is 3. The van der Waals surface area contributed by atoms with Crippen LogP contribution >= 0.6 is 27.7 Å². The molecule has 0 amide bonds. The van der Waals surface area contributed by atoms with Gasteiger partial charge in [0.1, 0.15) is 5.82 Å². The maximum atomic E-state index is 13.4. The Hall–Kier alpha value is -1.00. The Balaban J connectivity index is 2.17. The van der Waals surface area contributed by atoms with E-state index in [1.165, 1.54) is 6.07 Å². The number of aryl methyl sites for hydroxylation is 1. The summed E-state index contributed by atoms with van der Waals surface area (Å²) >= 11 is 4.88. The highest BCUT2D eigenvalue weighted by Gasteiger charge is 2.07. The second-order valence-corrected chi connectivity index (χ2v) is 5.80. The van der Waals surface area contributed by atoms with Gasteiger partial charge >= 0.3 is 0 Å². The molecule has 0 aliphatic rings. The van der Waals surface area contributed by atoms with Crippen molar-refractivity contribution in [3.8, 4) is 0 Å². The van der Waals surface area contributed by atoms with Crippen molar-refractivity contribution < 1.29 is 4.39 Å². The predicted octanol–water partition coefficient (Wildman–Crippen LogP) is 4.77. The van der Waals surface area contributed by atoms with Crippen molar-refractivity contribution in [1.82, 2.24) is 0 Å². The Morgan fingerprint density at radius 2 is 1.94 bits per heavy atom. The number of hydrogen-bond acceptors (Lipinski definition) is 2. The lowest BCUT2D eigenvalue weighted by Crippen LogP contribution is -1.93. The summed E-state index contributed by atoms with van der Waals surface area (Å²) in [5.74, 6) is 0.455. The first-order valence-corrected chi connectivity index (χ1v) is 7.28. The van der Waals surface area contributed by atoms with E-state index < -0.39 is 0 Å². The van der Waals surface area contributed by atoms with Crippen molar-refractivity contribution in [3.63, 3.8) is 0 Å². The lowest BCUT2D eigenvalue weighted by Gasteiger charge is -2.09. The summed E-state index contributed by atoms with van der Waals surface area (Å²) in [6, 6.07) is 11.0. The Labute approximate surface area is 119 Å². The normalized spacial score (nSPS) is 10.6. The molecule has 2 aromatic carbocycles. The van der Waals surface area contributed by atoms with Crippen LogP contribution in [0.1, 0.15) is 11.1 Å². The number of halogens is 2. The Morgan fingerprint density at radius 1 is 1.22 bits per heavy atom. The third kappa shape index (κ3) is 2.87. The molecule has 0 unspecified atom stereocenters. The Bertz CT molecular complexity index is 520. The van der Waals surface area contributed by atoms with Gasteiger partial charge in [-0.15, -0.1) is 11.8 Å². The van der Waals surface area contributed by atoms with Crippen molar-refractivity contribution in [2.75, 3.05) is 5.73 Å². The molecule has 18 heavy (non-hydrogen) atoms. The third-order valence-corrected chi connectivity index (χ3v) is 4.71. The van der Waals surface area contributed by atoms with Gasteiger partial charge < -0.3 is 5.73 Å². The molecular weight excluding hydrogens is 313 g/mol. The number of anilines is 1. The number of nitrogens with two attached hydrogens (primary N) is 1. The highest BCUT2D eigenvalue weighted by molar-refractivity contribution is 9.10. The van der Waals surface area contributed by atoms with Gasteiger partial charge in [-0.25, -0.2) is 4.39 Å². The summed E-state index contributed by atoms with van der Waals surface area (Å²) in [7, 11) is 0. The molecule has 0 atom stereocenters. The Kier molecular flexibility index (Phi) is 4.30. The standard InChI is InChI=1S/C14H13BrFNS/c1-9-4-2-7-12(14(9)17)18-8-10-5-3-6-11(16)13(10)15/h2-7H,8,17H2,1H3. The molecule has 0 bridgehead atoms. The Morgan fingerprint density at radius 3 is 2.72 bits per heavy atom. The smallest absolute Gasteiger partial charge is 0.137 e. The molecule has 94 valence electrons. The van der Waals surface area contributed by atoms with E-state index in [0.717, 1.165) is 21.7 Å². The van der Waals surface area contributed by atoms with Crippen molar-refractivity contribution >= 4 is 33.4 Å². The molecule has 0 aliphatic carbocycles. The zero-order valence-electron chi connectivity index (χ0n) is 9.91. The van der Waals surface area contributed by atoms with Crippen LogP contribution in [0.3, 0.4) is 0 Å². The minimum Gasteiger partial charge on any atom is -0.398 e. The second-order valence-electron chi connectivity index (χ2n) is 3.99. The van der Waals surface area contributed by atoms with E-state index in [9.17, 15) is 4.39 Å². The van der Waals surface area contributed by atoms with E-state index in [2.05, 4.69) is 15.9 Å². The minimum absolute atomic E-state index is 0.231. The van der Waals surface area contributed by atoms with Crippen LogP contribution in [0.5, 0.6) is 0 Å². The number of nitrogen functional groups attached to an aromatic ring is 1. The number of hydrogen-bond donors (Lipinski definition) is 1. The van der Waals surface area contributed by atoms with E-state index >= 15 is 0 Å². The van der Waals surface area contributed by atoms with Gasteiger partial charge in [0, 0.05) is 16.3 Å². The highest BCUT2D eigenvalue weighted by atomic mass is 79.9. The van der Waals surface area contributed by atoms with Gasteiger partial charge in [-0.3, -0.25) is 0 Å². The van der Waals surface area contributed by atoms with Gasteiger partial charge in [0.2, 0.25) is 0 Å². The van der Waals surface area contributed by atoms with Crippen molar-refractivity contribution in [2.45, 2.75) is 17.6 Å². The van der Waals surface area contributed by atoms with Crippen LogP contribution in [0.4, 0.5) is 10.1 Å². The van der Waals surface area contributed by atoms with E-state index in [1.54, 1.807) is 17.8 Å². The quantitative estimate of drug-likeness (QED) is 0.649. The lowest BCUT2D eigenvalue weighted by atomic mass is 10.2. The molecule has 0 saturated carbocycles. The first-order chi connectivity index (χ1) is 8.59. The zero-order valence-corrected chi connectivity index (χ0v) is 12.3. The van der Waals surface area contributed by atoms with Gasteiger partial charge in [0.15, 0.2) is 0 Å². The zero-order chi connectivity index (χ0) is 13.1. The van der Waals surface area contributed by atoms with Gasteiger partial charge in [0.05, 0.1) is 4.47 Å². The highest BCUT2D eigenvalue weighted by Crippen LogP contribution is 2.32. The van der Waals surface area contributed by atoms with Gasteiger partial charge in [-0.1, -0.05) is 24.3 Å². The number of thioether (sulfide) groups is 1. The van der Waals surface area contributed by atoms with Crippen molar-refractivity contribution in [2.24, 2.45) is 0 Å². The van der Waals surface area contributed by atoms with Crippen LogP contribution in [0, 0.1) is 12.7 Å². The van der Waals surface area contributed by atoms with E-state index in [0.29, 0.717) is 10.2 Å². The summed E-state index contributed by atoms with van der Waals surface area (Å²) in [4.78, 5) is 1.03. The summed E-state index contributed by atoms with van der Waals surface area (Å²) < 4.78 is 13.9. The fourth-order valence-electron chi connectivity index (χ4n) is 1.60. The van der Waals surface area contributed by atoms with Crippen molar-refractivity contribution in [1.29, 1.82) is 0 Å². The molecule has 4 heteroatoms. The second kappa shape index (κ2) is 5.76. The molecule has 0 aromatic heterocycles. The summed E-state index contributed by atoms with van der Waals surface area (Å²) in [5, 5.41) is 0. The molecule has 0 radical (unpaired) electrons. The molecule has 0 aliphatic heterocycles. The molecule has 0 fully saturated rings. The average Bonchev–Trinajstić information content (AvgIpc) is 2.36. The summed E-state index contributed by atoms with van der Waals surface area (Å²) in [5.41, 5.74) is 8.81. The topological polar surface area (TPSA) is 26.0 Å². The molecular formula is C14H13BrFNS. The molecule has 0 spiro atoms. The molecule has 2 N–H and O–H groups in total. The molecule has 0 heterocycles. The SMILES string of the molecule is Cc1cccc(SCc2cccc(F)c2Br)c1N. The van der Waals surface area contributed by atoms with Gasteiger partial charge in [-0.05, 0) is 46.1 Å². The fourth-order valence-corrected chi connectivity index (χ4v) is 3.23. The van der Waals surface area contributed by atoms with Crippen LogP contribution in [0.2, 0.25) is 0 Å². The van der Waals surface area contributed by atoms with Crippen LogP contribution in [-0.4, -0.2) is 0 Å². The van der Waals surface area contributed by atoms with Gasteiger partial charge in [-0.2, -0.15) is 0 Å². The number of para-hydroxylation sites is 1.